The summed E-state index contributed by atoms with van der Waals surface area (Å²) in [5, 5.41) is 27.3. The molecule has 2 N–H and O–H groups in total. The first-order valence-electron chi connectivity index (χ1n) is 5.51. The largest absolute Gasteiger partial charge is 0.392 e. The van der Waals surface area contributed by atoms with Gasteiger partial charge in [-0.2, -0.15) is 0 Å². The van der Waals surface area contributed by atoms with E-state index in [1.807, 2.05) is 6.92 Å². The highest BCUT2D eigenvalue weighted by Crippen LogP contribution is 2.12. The van der Waals surface area contributed by atoms with Gasteiger partial charge in [0.2, 0.25) is 0 Å². The van der Waals surface area contributed by atoms with E-state index in [0.29, 0.717) is 12.4 Å². The smallest absolute Gasteiger partial charge is 0.342 e. The molecule has 0 amide bonds. The number of rotatable bonds is 5. The zero-order valence-electron chi connectivity index (χ0n) is 10.7. The lowest BCUT2D eigenvalue weighted by Gasteiger charge is -1.99. The molecule has 1 atom stereocenters. The van der Waals surface area contributed by atoms with Crippen molar-refractivity contribution in [2.24, 2.45) is 0 Å². The third kappa shape index (κ3) is 5.71. The standard InChI is InChI=1S/C6H9N3O3.C4H10O2/c1-5-7-4-6(9(11)12)8(5)2-3-10;1-3-6-4(2)5/h4,10H,2-3H2,1H3;4-5H,3H2,1-2H3. The van der Waals surface area contributed by atoms with Crippen molar-refractivity contribution in [3.63, 3.8) is 0 Å². The molecule has 0 aliphatic carbocycles. The summed E-state index contributed by atoms with van der Waals surface area (Å²) >= 11 is 0. The van der Waals surface area contributed by atoms with E-state index in [2.05, 4.69) is 9.72 Å². The second kappa shape index (κ2) is 8.56. The second-order valence-corrected chi connectivity index (χ2v) is 3.35. The van der Waals surface area contributed by atoms with E-state index in [1.54, 1.807) is 13.8 Å². The number of nitro groups is 1. The number of ether oxygens (including phenoxy) is 1. The number of hydrogen-bond acceptors (Lipinski definition) is 6. The maximum atomic E-state index is 10.4. The van der Waals surface area contributed by atoms with Crippen molar-refractivity contribution < 1.29 is 19.9 Å². The summed E-state index contributed by atoms with van der Waals surface area (Å²) in [7, 11) is 0. The lowest BCUT2D eigenvalue weighted by molar-refractivity contribution is -0.392. The van der Waals surface area contributed by atoms with E-state index in [1.165, 1.54) is 10.8 Å². The summed E-state index contributed by atoms with van der Waals surface area (Å²) in [5.41, 5.74) is 0. The molecule has 1 aromatic heterocycles. The first-order chi connectivity index (χ1) is 8.43. The van der Waals surface area contributed by atoms with Crippen LogP contribution in [0.5, 0.6) is 0 Å². The molecule has 0 aromatic carbocycles. The summed E-state index contributed by atoms with van der Waals surface area (Å²) < 4.78 is 5.96. The Bertz CT molecular complexity index is 364. The molecule has 0 aliphatic heterocycles. The van der Waals surface area contributed by atoms with Gasteiger partial charge in [-0.15, -0.1) is 0 Å². The molecule has 0 fully saturated rings. The number of aliphatic hydroxyl groups is 2. The Kier molecular flexibility index (Phi) is 7.84. The van der Waals surface area contributed by atoms with Gasteiger partial charge < -0.3 is 25.1 Å². The minimum Gasteiger partial charge on any atom is -0.392 e. The molecule has 18 heavy (non-hydrogen) atoms. The maximum Gasteiger partial charge on any atom is 0.342 e. The topological polar surface area (TPSA) is 111 Å². The Balaban J connectivity index is 0.000000411. The molecule has 1 unspecified atom stereocenters. The summed E-state index contributed by atoms with van der Waals surface area (Å²) in [6, 6.07) is 0. The Morgan fingerprint density at radius 1 is 1.67 bits per heavy atom. The molecule has 0 radical (unpaired) electrons. The molecule has 0 saturated heterocycles. The summed E-state index contributed by atoms with van der Waals surface area (Å²) in [5.74, 6) is 0.456. The van der Waals surface area contributed by atoms with Crippen LogP contribution in [0.3, 0.4) is 0 Å². The van der Waals surface area contributed by atoms with Crippen molar-refractivity contribution in [3.8, 4) is 0 Å². The average Bonchev–Trinajstić information content (AvgIpc) is 2.62. The SMILES string of the molecule is CCOC(C)O.Cc1ncc([N+](=O)[O-])n1CCO. The lowest BCUT2D eigenvalue weighted by atomic mass is 10.6. The second-order valence-electron chi connectivity index (χ2n) is 3.35. The number of imidazole rings is 1. The van der Waals surface area contributed by atoms with Gasteiger partial charge in [0.15, 0.2) is 12.1 Å². The van der Waals surface area contributed by atoms with E-state index in [0.717, 1.165) is 0 Å². The summed E-state index contributed by atoms with van der Waals surface area (Å²) in [4.78, 5) is 13.6. The number of aromatic nitrogens is 2. The van der Waals surface area contributed by atoms with E-state index in [-0.39, 0.29) is 19.0 Å². The fraction of sp³-hybridized carbons (Fsp3) is 0.700. The Morgan fingerprint density at radius 3 is 2.61 bits per heavy atom. The fourth-order valence-electron chi connectivity index (χ4n) is 1.22. The first-order valence-corrected chi connectivity index (χ1v) is 5.51. The highest BCUT2D eigenvalue weighted by Gasteiger charge is 2.15. The zero-order valence-corrected chi connectivity index (χ0v) is 10.7. The van der Waals surface area contributed by atoms with Crippen LogP contribution >= 0.6 is 0 Å². The lowest BCUT2D eigenvalue weighted by Crippen LogP contribution is -2.07. The van der Waals surface area contributed by atoms with Gasteiger partial charge in [0.05, 0.1) is 6.61 Å². The molecule has 0 bridgehead atoms. The molecule has 1 heterocycles. The van der Waals surface area contributed by atoms with Gasteiger partial charge in [-0.05, 0) is 18.8 Å². The van der Waals surface area contributed by atoms with Crippen LogP contribution in [-0.4, -0.2) is 44.2 Å². The molecule has 8 heteroatoms. The minimum absolute atomic E-state index is 0.0819. The van der Waals surface area contributed by atoms with Crippen molar-refractivity contribution in [1.29, 1.82) is 0 Å². The van der Waals surface area contributed by atoms with Crippen LogP contribution in [0.4, 0.5) is 5.82 Å². The van der Waals surface area contributed by atoms with Gasteiger partial charge in [-0.3, -0.25) is 0 Å². The number of hydrogen-bond donors (Lipinski definition) is 2. The van der Waals surface area contributed by atoms with Gasteiger partial charge in [0.1, 0.15) is 12.7 Å². The molecule has 104 valence electrons. The van der Waals surface area contributed by atoms with E-state index >= 15 is 0 Å². The van der Waals surface area contributed by atoms with E-state index in [9.17, 15) is 10.1 Å². The highest BCUT2D eigenvalue weighted by molar-refractivity contribution is 5.18. The maximum absolute atomic E-state index is 10.4. The summed E-state index contributed by atoms with van der Waals surface area (Å²) in [6.45, 7) is 5.75. The van der Waals surface area contributed by atoms with Crippen LogP contribution < -0.4 is 0 Å². The third-order valence-corrected chi connectivity index (χ3v) is 1.95. The number of nitrogens with zero attached hydrogens (tertiary/aromatic N) is 3. The van der Waals surface area contributed by atoms with Gasteiger partial charge in [-0.1, -0.05) is 0 Å². The predicted octanol–water partition coefficient (Wildman–Crippen LogP) is 0.453. The van der Waals surface area contributed by atoms with Crippen LogP contribution in [0.25, 0.3) is 0 Å². The van der Waals surface area contributed by atoms with Crippen LogP contribution in [0.15, 0.2) is 6.20 Å². The number of aryl methyl sites for hydroxylation is 1. The van der Waals surface area contributed by atoms with Gasteiger partial charge in [0.25, 0.3) is 0 Å². The molecule has 8 nitrogen and oxygen atoms in total. The summed E-state index contributed by atoms with van der Waals surface area (Å²) in [6.07, 6.45) is 0.584. The van der Waals surface area contributed by atoms with Crippen molar-refractivity contribution >= 4 is 5.82 Å². The highest BCUT2D eigenvalue weighted by atomic mass is 16.6. The molecule has 0 spiro atoms. The third-order valence-electron chi connectivity index (χ3n) is 1.95. The molecular formula is C10H19N3O5. The number of aliphatic hydroxyl groups excluding tert-OH is 2. The van der Waals surface area contributed by atoms with Crippen molar-refractivity contribution in [3.05, 3.63) is 22.1 Å². The Hall–Kier alpha value is -1.51. The van der Waals surface area contributed by atoms with Gasteiger partial charge in [0, 0.05) is 13.5 Å². The van der Waals surface area contributed by atoms with Crippen LogP contribution in [-0.2, 0) is 11.3 Å². The molecule has 0 aliphatic rings. The average molecular weight is 261 g/mol. The van der Waals surface area contributed by atoms with Gasteiger partial charge in [-0.25, -0.2) is 9.55 Å². The van der Waals surface area contributed by atoms with Crippen LogP contribution in [0.2, 0.25) is 0 Å². The van der Waals surface area contributed by atoms with Crippen LogP contribution in [0, 0.1) is 17.0 Å². The van der Waals surface area contributed by atoms with E-state index < -0.39 is 11.2 Å². The van der Waals surface area contributed by atoms with Crippen molar-refractivity contribution in [2.45, 2.75) is 33.6 Å². The normalized spacial score (nSPS) is 11.6. The van der Waals surface area contributed by atoms with Crippen molar-refractivity contribution in [2.75, 3.05) is 13.2 Å². The molecule has 0 saturated carbocycles. The van der Waals surface area contributed by atoms with Crippen molar-refractivity contribution in [1.82, 2.24) is 9.55 Å². The quantitative estimate of drug-likeness (QED) is 0.452. The first kappa shape index (κ1) is 16.5. The minimum atomic E-state index is -0.602. The Morgan fingerprint density at radius 2 is 2.28 bits per heavy atom. The molecule has 1 aromatic rings. The van der Waals surface area contributed by atoms with Crippen LogP contribution in [0.1, 0.15) is 19.7 Å². The zero-order chi connectivity index (χ0) is 14.1. The monoisotopic (exact) mass is 261 g/mol. The molecule has 1 rings (SSSR count). The fourth-order valence-corrected chi connectivity index (χ4v) is 1.22. The van der Waals surface area contributed by atoms with Gasteiger partial charge >= 0.3 is 5.82 Å². The molecular weight excluding hydrogens is 242 g/mol. The Labute approximate surface area is 105 Å². The predicted molar refractivity (Wildman–Crippen MR) is 64.0 cm³/mol. The van der Waals surface area contributed by atoms with E-state index in [4.69, 9.17) is 10.2 Å².